The van der Waals surface area contributed by atoms with Gasteiger partial charge in [-0.05, 0) is 91.9 Å². The minimum Gasteiger partial charge on any atom is -0.393 e. The quantitative estimate of drug-likeness (QED) is 0.571. The Kier molecular flexibility index (Phi) is 3.96. The smallest absolute Gasteiger partial charge is 0.142 e. The normalized spacial score (nSPS) is 55.6. The largest absolute Gasteiger partial charge is 0.393 e. The monoisotopic (exact) mass is 332 g/mol. The summed E-state index contributed by atoms with van der Waals surface area (Å²) in [6, 6.07) is 0. The van der Waals surface area contributed by atoms with Gasteiger partial charge in [-0.25, -0.2) is 0 Å². The zero-order chi connectivity index (χ0) is 17.1. The highest BCUT2D eigenvalue weighted by Gasteiger charge is 2.61. The molecule has 0 aromatic carbocycles. The van der Waals surface area contributed by atoms with Crippen LogP contribution in [-0.4, -0.2) is 28.7 Å². The Balaban J connectivity index is 1.64. The van der Waals surface area contributed by atoms with Gasteiger partial charge in [0, 0.05) is 0 Å². The predicted molar refractivity (Wildman–Crippen MR) is 93.3 cm³/mol. The first-order valence-electron chi connectivity index (χ1n) is 9.89. The molecule has 0 heterocycles. The number of carbonyl (C=O) groups is 1. The summed E-state index contributed by atoms with van der Waals surface area (Å²) in [6.45, 7) is 4.70. The second-order valence-corrected chi connectivity index (χ2v) is 9.59. The van der Waals surface area contributed by atoms with Crippen LogP contribution in [0.1, 0.15) is 65.2 Å². The number of hydrogen-bond acceptors (Lipinski definition) is 3. The van der Waals surface area contributed by atoms with E-state index in [1.165, 1.54) is 12.0 Å². The number of aliphatic hydroxyl groups excluding tert-OH is 2. The Morgan fingerprint density at radius 1 is 1.00 bits per heavy atom. The summed E-state index contributed by atoms with van der Waals surface area (Å²) in [7, 11) is 0. The minimum atomic E-state index is -0.258. The highest BCUT2D eigenvalue weighted by molar-refractivity contribution is 5.66. The second kappa shape index (κ2) is 5.67. The SMILES string of the molecule is C[C@]12CC/C(=C\C=O)CC1C(O)C[C@@H]1[C@H]2CC[C@]2(C)C(O)CC[C@@H]12. The van der Waals surface area contributed by atoms with Gasteiger partial charge in [0.25, 0.3) is 0 Å². The molecule has 0 aromatic heterocycles. The lowest BCUT2D eigenvalue weighted by atomic mass is 9.44. The van der Waals surface area contributed by atoms with Gasteiger partial charge in [-0.1, -0.05) is 19.4 Å². The fourth-order valence-electron chi connectivity index (χ4n) is 7.37. The van der Waals surface area contributed by atoms with Crippen LogP contribution in [-0.2, 0) is 4.79 Å². The van der Waals surface area contributed by atoms with E-state index >= 15 is 0 Å². The Bertz CT molecular complexity index is 555. The summed E-state index contributed by atoms with van der Waals surface area (Å²) >= 11 is 0. The summed E-state index contributed by atoms with van der Waals surface area (Å²) in [5.41, 5.74) is 1.49. The lowest BCUT2D eigenvalue weighted by Crippen LogP contribution is -2.57. The number of allylic oxidation sites excluding steroid dienone is 2. The highest BCUT2D eigenvalue weighted by Crippen LogP contribution is 2.66. The molecule has 3 nitrogen and oxygen atoms in total. The van der Waals surface area contributed by atoms with Crippen LogP contribution in [0, 0.1) is 34.5 Å². The molecule has 0 aromatic rings. The number of hydrogen-bond donors (Lipinski definition) is 2. The number of aliphatic hydroxyl groups is 2. The lowest BCUT2D eigenvalue weighted by molar-refractivity contribution is -0.156. The van der Waals surface area contributed by atoms with Crippen molar-refractivity contribution in [2.75, 3.05) is 0 Å². The summed E-state index contributed by atoms with van der Waals surface area (Å²) in [6.07, 6.45) is 10.5. The van der Waals surface area contributed by atoms with Crippen LogP contribution in [0.15, 0.2) is 11.6 Å². The van der Waals surface area contributed by atoms with Gasteiger partial charge in [0.1, 0.15) is 6.29 Å². The molecule has 4 aliphatic carbocycles. The molecule has 0 aliphatic heterocycles. The molecule has 3 heteroatoms. The topological polar surface area (TPSA) is 57.5 Å². The molecule has 0 spiro atoms. The van der Waals surface area contributed by atoms with Gasteiger partial charge in [0.15, 0.2) is 0 Å². The van der Waals surface area contributed by atoms with Gasteiger partial charge in [-0.2, -0.15) is 0 Å². The van der Waals surface area contributed by atoms with Crippen LogP contribution in [0.25, 0.3) is 0 Å². The highest BCUT2D eigenvalue weighted by atomic mass is 16.3. The average Bonchev–Trinajstić information content (AvgIpc) is 2.85. The van der Waals surface area contributed by atoms with E-state index in [-0.39, 0.29) is 23.0 Å². The molecule has 2 N–H and O–H groups in total. The van der Waals surface area contributed by atoms with Crippen LogP contribution in [0.2, 0.25) is 0 Å². The van der Waals surface area contributed by atoms with Gasteiger partial charge in [0.05, 0.1) is 12.2 Å². The molecule has 0 amide bonds. The lowest BCUT2D eigenvalue weighted by Gasteiger charge is -2.61. The first-order valence-corrected chi connectivity index (χ1v) is 9.89. The summed E-state index contributed by atoms with van der Waals surface area (Å²) in [5, 5.41) is 21.5. The van der Waals surface area contributed by atoms with Crippen molar-refractivity contribution in [3.05, 3.63) is 11.6 Å². The summed E-state index contributed by atoms with van der Waals surface area (Å²) < 4.78 is 0. The molecule has 24 heavy (non-hydrogen) atoms. The van der Waals surface area contributed by atoms with Crippen molar-refractivity contribution in [2.24, 2.45) is 34.5 Å². The van der Waals surface area contributed by atoms with Gasteiger partial charge >= 0.3 is 0 Å². The van der Waals surface area contributed by atoms with Crippen LogP contribution < -0.4 is 0 Å². The third kappa shape index (κ3) is 2.20. The van der Waals surface area contributed by atoms with Crippen LogP contribution in [0.5, 0.6) is 0 Å². The zero-order valence-corrected chi connectivity index (χ0v) is 15.1. The minimum absolute atomic E-state index is 0.0708. The molecular weight excluding hydrogens is 300 g/mol. The Labute approximate surface area is 145 Å². The predicted octanol–water partition coefficient (Wildman–Crippen LogP) is 3.49. The second-order valence-electron chi connectivity index (χ2n) is 9.59. The zero-order valence-electron chi connectivity index (χ0n) is 15.1. The molecule has 4 fully saturated rings. The van der Waals surface area contributed by atoms with E-state index in [1.54, 1.807) is 6.08 Å². The third-order valence-corrected chi connectivity index (χ3v) is 8.83. The first-order chi connectivity index (χ1) is 11.4. The van der Waals surface area contributed by atoms with Crippen molar-refractivity contribution in [3.63, 3.8) is 0 Å². The van der Waals surface area contributed by atoms with Gasteiger partial charge in [-0.15, -0.1) is 0 Å². The molecule has 3 unspecified atom stereocenters. The van der Waals surface area contributed by atoms with E-state index in [0.717, 1.165) is 51.2 Å². The number of fused-ring (bicyclic) bond motifs is 5. The number of carbonyl (C=O) groups excluding carboxylic acids is 1. The Morgan fingerprint density at radius 2 is 1.75 bits per heavy atom. The van der Waals surface area contributed by atoms with Crippen LogP contribution >= 0.6 is 0 Å². The summed E-state index contributed by atoms with van der Waals surface area (Å²) in [5.74, 6) is 2.11. The molecule has 134 valence electrons. The molecular formula is C21H32O3. The molecule has 0 saturated heterocycles. The molecule has 0 bridgehead atoms. The van der Waals surface area contributed by atoms with Gasteiger partial charge in [-0.3, -0.25) is 4.79 Å². The molecule has 8 atom stereocenters. The van der Waals surface area contributed by atoms with Gasteiger partial charge < -0.3 is 10.2 Å². The number of rotatable bonds is 1. The van der Waals surface area contributed by atoms with E-state index in [2.05, 4.69) is 13.8 Å². The Morgan fingerprint density at radius 3 is 2.50 bits per heavy atom. The van der Waals surface area contributed by atoms with Crippen molar-refractivity contribution in [3.8, 4) is 0 Å². The van der Waals surface area contributed by atoms with E-state index in [4.69, 9.17) is 0 Å². The van der Waals surface area contributed by atoms with E-state index in [1.807, 2.05) is 0 Å². The van der Waals surface area contributed by atoms with E-state index in [0.29, 0.717) is 23.7 Å². The number of aldehydes is 1. The maximum absolute atomic E-state index is 11.0. The maximum atomic E-state index is 11.0. The summed E-state index contributed by atoms with van der Waals surface area (Å²) in [4.78, 5) is 10.9. The van der Waals surface area contributed by atoms with Crippen molar-refractivity contribution in [1.82, 2.24) is 0 Å². The van der Waals surface area contributed by atoms with Crippen LogP contribution in [0.4, 0.5) is 0 Å². The molecule has 0 radical (unpaired) electrons. The van der Waals surface area contributed by atoms with Crippen molar-refractivity contribution < 1.29 is 15.0 Å². The van der Waals surface area contributed by atoms with Crippen molar-refractivity contribution >= 4 is 6.29 Å². The molecule has 4 saturated carbocycles. The first kappa shape index (κ1) is 16.8. The Hall–Kier alpha value is -0.670. The van der Waals surface area contributed by atoms with Crippen LogP contribution in [0.3, 0.4) is 0 Å². The average molecular weight is 332 g/mol. The van der Waals surface area contributed by atoms with E-state index < -0.39 is 0 Å². The van der Waals surface area contributed by atoms with E-state index in [9.17, 15) is 15.0 Å². The third-order valence-electron chi connectivity index (χ3n) is 8.83. The molecule has 4 rings (SSSR count). The van der Waals surface area contributed by atoms with Gasteiger partial charge in [0.2, 0.25) is 0 Å². The standard InChI is InChI=1S/C21H32O3/c1-20-8-5-13(7-10-22)11-17(20)18(23)12-14-15-3-4-19(24)21(15,2)9-6-16(14)20/h7,10,14-19,23-24H,3-6,8-9,11-12H2,1-2H3/b13-7+/t14-,15-,16+,17?,18?,19?,20+,21-/m0/s1. The maximum Gasteiger partial charge on any atom is 0.142 e. The fourth-order valence-corrected chi connectivity index (χ4v) is 7.37. The molecule has 4 aliphatic rings. The fraction of sp³-hybridized carbons (Fsp3) is 0.857. The van der Waals surface area contributed by atoms with Crippen molar-refractivity contribution in [2.45, 2.75) is 77.4 Å². The van der Waals surface area contributed by atoms with Crippen molar-refractivity contribution in [1.29, 1.82) is 0 Å².